The Morgan fingerprint density at radius 1 is 0.966 bits per heavy atom. The van der Waals surface area contributed by atoms with E-state index in [2.05, 4.69) is 58.4 Å². The number of aromatic nitrogens is 1. The summed E-state index contributed by atoms with van der Waals surface area (Å²) in [6.45, 7) is 4.47. The normalized spacial score (nSPS) is 15.0. The largest absolute Gasteiger partial charge is 0.361 e. The molecule has 2 heterocycles. The fraction of sp³-hybridized carbons (Fsp3) is 0.292. The zero-order chi connectivity index (χ0) is 19.2. The molecule has 1 fully saturated rings. The molecule has 0 unspecified atom stereocenters. The minimum atomic E-state index is 0. The third-order valence-electron chi connectivity index (χ3n) is 5.48. The van der Waals surface area contributed by atoms with Gasteiger partial charge in [0.1, 0.15) is 0 Å². The number of para-hydroxylation sites is 1. The topological polar surface area (TPSA) is 39.3 Å². The number of rotatable bonds is 6. The predicted octanol–water partition coefficient (Wildman–Crippen LogP) is 4.38. The molecule has 0 aliphatic carbocycles. The van der Waals surface area contributed by atoms with Crippen LogP contribution in [-0.4, -0.2) is 53.4 Å². The van der Waals surface area contributed by atoms with Crippen LogP contribution in [0.2, 0.25) is 0 Å². The van der Waals surface area contributed by atoms with Crippen LogP contribution in [0.1, 0.15) is 17.5 Å². The number of aryl methyl sites for hydroxylation is 1. The van der Waals surface area contributed by atoms with Crippen molar-refractivity contribution >= 4 is 35.3 Å². The fourth-order valence-corrected chi connectivity index (χ4v) is 3.82. The van der Waals surface area contributed by atoms with Crippen molar-refractivity contribution in [3.8, 4) is 0 Å². The molecule has 4 nitrogen and oxygen atoms in total. The van der Waals surface area contributed by atoms with Gasteiger partial charge in [-0.2, -0.15) is 0 Å². The summed E-state index contributed by atoms with van der Waals surface area (Å²) in [6.07, 6.45) is 7.79. The van der Waals surface area contributed by atoms with E-state index >= 15 is 0 Å². The molecule has 3 aromatic rings. The van der Waals surface area contributed by atoms with Crippen molar-refractivity contribution in [1.29, 1.82) is 0 Å². The first-order chi connectivity index (χ1) is 13.8. The standard InChI is InChI=1S/C24H27N3O.ClH/c28-24(13-12-21-19-25-23-11-5-4-10-22(21)23)27-17-15-26(16-18-27)14-6-9-20-7-2-1-3-8-20;/h1-11,19,25H,12-18H2;1H/b9-6+;. The fourth-order valence-electron chi connectivity index (χ4n) is 3.82. The molecule has 1 aliphatic heterocycles. The zero-order valence-electron chi connectivity index (χ0n) is 16.6. The maximum atomic E-state index is 12.6. The summed E-state index contributed by atoms with van der Waals surface area (Å²) < 4.78 is 0. The Balaban J connectivity index is 0.00000240. The van der Waals surface area contributed by atoms with Crippen molar-refractivity contribution in [2.45, 2.75) is 12.8 Å². The number of benzene rings is 2. The Bertz CT molecular complexity index is 943. The maximum absolute atomic E-state index is 12.6. The molecule has 0 saturated carbocycles. The summed E-state index contributed by atoms with van der Waals surface area (Å²) >= 11 is 0. The van der Waals surface area contributed by atoms with Crippen molar-refractivity contribution in [3.05, 3.63) is 78.0 Å². The number of carbonyl (C=O) groups excluding carboxylic acids is 1. The summed E-state index contributed by atoms with van der Waals surface area (Å²) in [7, 11) is 0. The molecule has 0 radical (unpaired) electrons. The van der Waals surface area contributed by atoms with Gasteiger partial charge in [-0.25, -0.2) is 0 Å². The van der Waals surface area contributed by atoms with Gasteiger partial charge in [-0.3, -0.25) is 9.69 Å². The molecule has 152 valence electrons. The molecule has 1 aliphatic rings. The maximum Gasteiger partial charge on any atom is 0.222 e. The Morgan fingerprint density at radius 3 is 2.48 bits per heavy atom. The minimum absolute atomic E-state index is 0. The number of amides is 1. The molecule has 0 spiro atoms. The number of hydrogen-bond acceptors (Lipinski definition) is 2. The van der Waals surface area contributed by atoms with E-state index in [1.54, 1.807) is 0 Å². The molecule has 2 aromatic carbocycles. The van der Waals surface area contributed by atoms with E-state index in [9.17, 15) is 4.79 Å². The van der Waals surface area contributed by atoms with Gasteiger partial charge < -0.3 is 9.88 Å². The number of hydrogen-bond donors (Lipinski definition) is 1. The molecule has 1 aromatic heterocycles. The number of halogens is 1. The molecule has 0 bridgehead atoms. The lowest BCUT2D eigenvalue weighted by atomic mass is 10.1. The van der Waals surface area contributed by atoms with Gasteiger partial charge in [0.05, 0.1) is 0 Å². The van der Waals surface area contributed by atoms with E-state index in [4.69, 9.17) is 0 Å². The van der Waals surface area contributed by atoms with Gasteiger partial charge in [0.15, 0.2) is 0 Å². The Kier molecular flexibility index (Phi) is 7.50. The average Bonchev–Trinajstić information content (AvgIpc) is 3.16. The molecule has 1 saturated heterocycles. The van der Waals surface area contributed by atoms with Crippen molar-refractivity contribution in [1.82, 2.24) is 14.8 Å². The van der Waals surface area contributed by atoms with Crippen LogP contribution in [0.3, 0.4) is 0 Å². The lowest BCUT2D eigenvalue weighted by Gasteiger charge is -2.34. The monoisotopic (exact) mass is 409 g/mol. The second-order valence-corrected chi connectivity index (χ2v) is 7.35. The first kappa shape index (κ1) is 21.2. The van der Waals surface area contributed by atoms with Crippen molar-refractivity contribution < 1.29 is 4.79 Å². The Labute approximate surface area is 178 Å². The van der Waals surface area contributed by atoms with Crippen LogP contribution in [0.15, 0.2) is 66.9 Å². The van der Waals surface area contributed by atoms with Crippen LogP contribution >= 0.6 is 12.4 Å². The first-order valence-electron chi connectivity index (χ1n) is 10.1. The van der Waals surface area contributed by atoms with E-state index in [1.807, 2.05) is 29.3 Å². The summed E-state index contributed by atoms with van der Waals surface area (Å²) in [5.74, 6) is 0.268. The highest BCUT2D eigenvalue weighted by atomic mass is 35.5. The number of H-pyrrole nitrogens is 1. The van der Waals surface area contributed by atoms with Gasteiger partial charge in [-0.05, 0) is 23.6 Å². The Morgan fingerprint density at radius 2 is 1.69 bits per heavy atom. The number of fused-ring (bicyclic) bond motifs is 1. The molecule has 5 heteroatoms. The summed E-state index contributed by atoms with van der Waals surface area (Å²) in [5, 5.41) is 1.23. The molecule has 4 rings (SSSR count). The van der Waals surface area contributed by atoms with Gasteiger partial charge in [-0.15, -0.1) is 12.4 Å². The number of aromatic amines is 1. The molecular weight excluding hydrogens is 382 g/mol. The molecule has 1 N–H and O–H groups in total. The van der Waals surface area contributed by atoms with Crippen molar-refractivity contribution in [2.75, 3.05) is 32.7 Å². The van der Waals surface area contributed by atoms with Gasteiger partial charge in [-0.1, -0.05) is 60.7 Å². The third kappa shape index (κ3) is 5.49. The van der Waals surface area contributed by atoms with E-state index in [0.717, 1.165) is 44.7 Å². The highest BCUT2D eigenvalue weighted by Gasteiger charge is 2.20. The second-order valence-electron chi connectivity index (χ2n) is 7.35. The smallest absolute Gasteiger partial charge is 0.222 e. The van der Waals surface area contributed by atoms with Gasteiger partial charge >= 0.3 is 0 Å². The quantitative estimate of drug-likeness (QED) is 0.656. The van der Waals surface area contributed by atoms with Gasteiger partial charge in [0, 0.05) is 56.2 Å². The molecule has 29 heavy (non-hydrogen) atoms. The predicted molar refractivity (Wildman–Crippen MR) is 122 cm³/mol. The molecule has 0 atom stereocenters. The van der Waals surface area contributed by atoms with Gasteiger partial charge in [0.25, 0.3) is 0 Å². The Hall–Kier alpha value is -2.56. The van der Waals surface area contributed by atoms with Crippen molar-refractivity contribution in [3.63, 3.8) is 0 Å². The van der Waals surface area contributed by atoms with Crippen LogP contribution in [0.5, 0.6) is 0 Å². The summed E-state index contributed by atoms with van der Waals surface area (Å²) in [4.78, 5) is 20.3. The van der Waals surface area contributed by atoms with E-state index < -0.39 is 0 Å². The number of nitrogens with one attached hydrogen (secondary N) is 1. The lowest BCUT2D eigenvalue weighted by molar-refractivity contribution is -0.132. The first-order valence-corrected chi connectivity index (χ1v) is 10.1. The van der Waals surface area contributed by atoms with E-state index in [1.165, 1.54) is 16.5 Å². The molecule has 1 amide bonds. The van der Waals surface area contributed by atoms with E-state index in [-0.39, 0.29) is 18.3 Å². The molecular formula is C24H28ClN3O. The van der Waals surface area contributed by atoms with Gasteiger partial charge in [0.2, 0.25) is 5.91 Å². The van der Waals surface area contributed by atoms with Crippen LogP contribution in [0, 0.1) is 0 Å². The van der Waals surface area contributed by atoms with Crippen LogP contribution in [-0.2, 0) is 11.2 Å². The highest BCUT2D eigenvalue weighted by Crippen LogP contribution is 2.19. The van der Waals surface area contributed by atoms with Crippen LogP contribution < -0.4 is 0 Å². The summed E-state index contributed by atoms with van der Waals surface area (Å²) in [5.41, 5.74) is 3.60. The third-order valence-corrected chi connectivity index (χ3v) is 5.48. The van der Waals surface area contributed by atoms with Crippen molar-refractivity contribution in [2.24, 2.45) is 0 Å². The average molecular weight is 410 g/mol. The lowest BCUT2D eigenvalue weighted by Crippen LogP contribution is -2.48. The highest BCUT2D eigenvalue weighted by molar-refractivity contribution is 5.85. The SMILES string of the molecule is Cl.O=C(CCc1c[nH]c2ccccc12)N1CCN(C/C=C/c2ccccc2)CC1. The number of piperazine rings is 1. The zero-order valence-corrected chi connectivity index (χ0v) is 17.4. The second kappa shape index (κ2) is 10.3. The van der Waals surface area contributed by atoms with Crippen LogP contribution in [0.4, 0.5) is 0 Å². The minimum Gasteiger partial charge on any atom is -0.361 e. The number of nitrogens with zero attached hydrogens (tertiary/aromatic N) is 2. The van der Waals surface area contributed by atoms with E-state index in [0.29, 0.717) is 6.42 Å². The number of carbonyl (C=O) groups is 1. The van der Waals surface area contributed by atoms with Crippen LogP contribution in [0.25, 0.3) is 17.0 Å². The summed E-state index contributed by atoms with van der Waals surface area (Å²) in [6, 6.07) is 18.6.